The molecule has 0 radical (unpaired) electrons. The van der Waals surface area contributed by atoms with Crippen molar-refractivity contribution in [2.45, 2.75) is 12.1 Å². The second-order valence-electron chi connectivity index (χ2n) is 3.91. The minimum absolute atomic E-state index is 0.0407. The molecule has 0 aromatic heterocycles. The van der Waals surface area contributed by atoms with Gasteiger partial charge in [-0.3, -0.25) is 0 Å². The fourth-order valence-corrected chi connectivity index (χ4v) is 3.50. The number of sulfone groups is 1. The molecule has 6 heteroatoms. The van der Waals surface area contributed by atoms with Gasteiger partial charge in [0, 0.05) is 0 Å². The lowest BCUT2D eigenvalue weighted by Crippen LogP contribution is -2.31. The van der Waals surface area contributed by atoms with E-state index in [1.807, 2.05) is 0 Å². The Hall–Kier alpha value is -1.27. The number of para-hydroxylation sites is 2. The van der Waals surface area contributed by atoms with E-state index in [-0.39, 0.29) is 17.3 Å². The van der Waals surface area contributed by atoms with Crippen LogP contribution in [0.15, 0.2) is 24.3 Å². The Kier molecular flexibility index (Phi) is 2.77. The van der Waals surface area contributed by atoms with Gasteiger partial charge < -0.3 is 15.5 Å². The summed E-state index contributed by atoms with van der Waals surface area (Å²) in [6, 6.07) is 5.96. The number of nitrogens with one attached hydrogen (secondary N) is 1. The summed E-state index contributed by atoms with van der Waals surface area (Å²) in [5, 5.41) is 21.9. The van der Waals surface area contributed by atoms with Crippen molar-refractivity contribution in [1.82, 2.24) is 0 Å². The van der Waals surface area contributed by atoms with Crippen LogP contribution in [0.5, 0.6) is 5.75 Å². The zero-order chi connectivity index (χ0) is 11.8. The van der Waals surface area contributed by atoms with Gasteiger partial charge in [0.1, 0.15) is 5.75 Å². The lowest BCUT2D eigenvalue weighted by Gasteiger charge is -2.16. The number of anilines is 1. The minimum atomic E-state index is -3.17. The molecule has 16 heavy (non-hydrogen) atoms. The van der Waals surface area contributed by atoms with Crippen LogP contribution in [0.4, 0.5) is 5.69 Å². The van der Waals surface area contributed by atoms with Gasteiger partial charge in [0.25, 0.3) is 0 Å². The molecule has 1 aliphatic heterocycles. The summed E-state index contributed by atoms with van der Waals surface area (Å²) < 4.78 is 22.5. The van der Waals surface area contributed by atoms with Gasteiger partial charge >= 0.3 is 0 Å². The van der Waals surface area contributed by atoms with Crippen molar-refractivity contribution in [3.05, 3.63) is 24.3 Å². The van der Waals surface area contributed by atoms with Gasteiger partial charge in [0.15, 0.2) is 9.84 Å². The number of aromatic hydroxyl groups is 1. The first-order chi connectivity index (χ1) is 7.48. The Morgan fingerprint density at radius 3 is 2.50 bits per heavy atom. The predicted octanol–water partition coefficient (Wildman–Crippen LogP) is -0.0380. The molecule has 1 aliphatic rings. The molecule has 0 unspecified atom stereocenters. The third-order valence-corrected chi connectivity index (χ3v) is 4.28. The van der Waals surface area contributed by atoms with Crippen LogP contribution in [-0.2, 0) is 9.84 Å². The van der Waals surface area contributed by atoms with Crippen molar-refractivity contribution in [3.8, 4) is 5.75 Å². The topological polar surface area (TPSA) is 86.6 Å². The number of hydrogen-bond acceptors (Lipinski definition) is 5. The molecule has 5 nitrogen and oxygen atoms in total. The fraction of sp³-hybridized carbons (Fsp3) is 0.400. The number of phenols is 1. The molecule has 3 N–H and O–H groups in total. The maximum atomic E-state index is 11.3. The molecular weight excluding hydrogens is 230 g/mol. The van der Waals surface area contributed by atoms with Crippen molar-refractivity contribution in [2.75, 3.05) is 16.8 Å². The van der Waals surface area contributed by atoms with Crippen molar-refractivity contribution in [2.24, 2.45) is 0 Å². The molecule has 0 aliphatic carbocycles. The lowest BCUT2D eigenvalue weighted by molar-refractivity contribution is 0.190. The van der Waals surface area contributed by atoms with Crippen LogP contribution in [0, 0.1) is 0 Å². The molecular formula is C10H13NO4S. The van der Waals surface area contributed by atoms with Crippen molar-refractivity contribution < 1.29 is 18.6 Å². The Labute approximate surface area is 93.6 Å². The van der Waals surface area contributed by atoms with Crippen LogP contribution in [0.25, 0.3) is 0 Å². The first-order valence-electron chi connectivity index (χ1n) is 4.91. The Bertz CT molecular complexity index is 485. The number of aliphatic hydroxyl groups is 1. The van der Waals surface area contributed by atoms with E-state index in [1.165, 1.54) is 6.07 Å². The molecule has 1 heterocycles. The fourth-order valence-electron chi connectivity index (χ4n) is 1.76. The molecule has 0 amide bonds. The zero-order valence-corrected chi connectivity index (χ0v) is 9.31. The highest BCUT2D eigenvalue weighted by atomic mass is 32.2. The van der Waals surface area contributed by atoms with E-state index in [0.29, 0.717) is 5.69 Å². The number of rotatable bonds is 2. The molecule has 1 saturated heterocycles. The largest absolute Gasteiger partial charge is 0.506 e. The molecule has 1 aromatic rings. The molecule has 88 valence electrons. The summed E-state index contributed by atoms with van der Waals surface area (Å²) in [6.45, 7) is 0. The van der Waals surface area contributed by atoms with Crippen molar-refractivity contribution in [3.63, 3.8) is 0 Å². The third-order valence-electron chi connectivity index (χ3n) is 2.57. The van der Waals surface area contributed by atoms with Gasteiger partial charge in [0.2, 0.25) is 0 Å². The van der Waals surface area contributed by atoms with Gasteiger partial charge in [-0.2, -0.15) is 0 Å². The van der Waals surface area contributed by atoms with Crippen LogP contribution >= 0.6 is 0 Å². The van der Waals surface area contributed by atoms with Crippen LogP contribution < -0.4 is 5.32 Å². The van der Waals surface area contributed by atoms with Crippen LogP contribution in [0.2, 0.25) is 0 Å². The SMILES string of the molecule is O=S1(=O)C[C@@H](O)[C@H](Nc2ccccc2O)C1. The molecule has 0 bridgehead atoms. The minimum Gasteiger partial charge on any atom is -0.506 e. The highest BCUT2D eigenvalue weighted by Gasteiger charge is 2.36. The molecule has 1 aromatic carbocycles. The standard InChI is InChI=1S/C10H13NO4S/c12-9-4-2-1-3-7(9)11-8-5-16(14,15)6-10(8)13/h1-4,8,10-13H,5-6H2/t8-,10-/m1/s1. The number of phenolic OH excluding ortho intramolecular Hbond substituents is 1. The summed E-state index contributed by atoms with van der Waals surface area (Å²) in [5.74, 6) is -0.292. The van der Waals surface area contributed by atoms with Crippen LogP contribution in [0.1, 0.15) is 0 Å². The second kappa shape index (κ2) is 3.95. The first kappa shape index (κ1) is 11.2. The summed E-state index contributed by atoms with van der Waals surface area (Å²) >= 11 is 0. The van der Waals surface area contributed by atoms with Crippen molar-refractivity contribution in [1.29, 1.82) is 0 Å². The van der Waals surface area contributed by atoms with Gasteiger partial charge in [-0.25, -0.2) is 8.42 Å². The number of benzene rings is 1. The summed E-state index contributed by atoms with van der Waals surface area (Å²) in [6.07, 6.45) is -0.926. The number of hydrogen-bond donors (Lipinski definition) is 3. The Morgan fingerprint density at radius 2 is 1.94 bits per heavy atom. The normalized spacial score (nSPS) is 27.8. The van der Waals surface area contributed by atoms with Crippen LogP contribution in [-0.4, -0.2) is 42.3 Å². The van der Waals surface area contributed by atoms with E-state index in [4.69, 9.17) is 0 Å². The maximum absolute atomic E-state index is 11.3. The van der Waals surface area contributed by atoms with Gasteiger partial charge in [-0.1, -0.05) is 12.1 Å². The Morgan fingerprint density at radius 1 is 1.25 bits per heavy atom. The predicted molar refractivity (Wildman–Crippen MR) is 60.2 cm³/mol. The summed E-state index contributed by atoms with van der Waals surface area (Å²) in [5.41, 5.74) is 0.434. The van der Waals surface area contributed by atoms with E-state index in [9.17, 15) is 18.6 Å². The van der Waals surface area contributed by atoms with Gasteiger partial charge in [0.05, 0.1) is 29.3 Å². The molecule has 1 fully saturated rings. The quantitative estimate of drug-likeness (QED) is 0.635. The highest BCUT2D eigenvalue weighted by molar-refractivity contribution is 7.91. The van der Waals surface area contributed by atoms with Gasteiger partial charge in [-0.15, -0.1) is 0 Å². The van der Waals surface area contributed by atoms with Gasteiger partial charge in [-0.05, 0) is 12.1 Å². The molecule has 2 rings (SSSR count). The van der Waals surface area contributed by atoms with Crippen molar-refractivity contribution >= 4 is 15.5 Å². The molecule has 0 spiro atoms. The van der Waals surface area contributed by atoms with E-state index in [1.54, 1.807) is 18.2 Å². The Balaban J connectivity index is 2.15. The third kappa shape index (κ3) is 2.28. The van der Waals surface area contributed by atoms with Crippen LogP contribution in [0.3, 0.4) is 0 Å². The lowest BCUT2D eigenvalue weighted by atomic mass is 10.2. The van der Waals surface area contributed by atoms with E-state index in [2.05, 4.69) is 5.32 Å². The van der Waals surface area contributed by atoms with E-state index in [0.717, 1.165) is 0 Å². The van der Waals surface area contributed by atoms with E-state index >= 15 is 0 Å². The average Bonchev–Trinajstić information content (AvgIpc) is 2.44. The smallest absolute Gasteiger partial charge is 0.155 e. The first-order valence-corrected chi connectivity index (χ1v) is 6.73. The highest BCUT2D eigenvalue weighted by Crippen LogP contribution is 2.25. The summed E-state index contributed by atoms with van der Waals surface area (Å²) in [7, 11) is -3.17. The number of aliphatic hydroxyl groups excluding tert-OH is 1. The van der Waals surface area contributed by atoms with E-state index < -0.39 is 22.0 Å². The maximum Gasteiger partial charge on any atom is 0.155 e. The molecule has 0 saturated carbocycles. The second-order valence-corrected chi connectivity index (χ2v) is 6.07. The zero-order valence-electron chi connectivity index (χ0n) is 8.50. The monoisotopic (exact) mass is 243 g/mol. The average molecular weight is 243 g/mol. The summed E-state index contributed by atoms with van der Waals surface area (Å²) in [4.78, 5) is 0. The molecule has 2 atom stereocenters.